The van der Waals surface area contributed by atoms with E-state index < -0.39 is 0 Å². The summed E-state index contributed by atoms with van der Waals surface area (Å²) in [5.74, 6) is 0. The molecule has 5 rings (SSSR count). The fraction of sp³-hybridized carbons (Fsp3) is 0.312. The van der Waals surface area contributed by atoms with Crippen molar-refractivity contribution >= 4 is 0 Å². The van der Waals surface area contributed by atoms with Crippen molar-refractivity contribution in [1.82, 2.24) is 19.8 Å². The Morgan fingerprint density at radius 3 is 1.39 bits per heavy atom. The average molecular weight is 509 g/mol. The van der Waals surface area contributed by atoms with Crippen molar-refractivity contribution in [2.45, 2.75) is 39.4 Å². The van der Waals surface area contributed by atoms with Gasteiger partial charge in [-0.3, -0.25) is 19.8 Å². The molecule has 1 aliphatic heterocycles. The van der Waals surface area contributed by atoms with Crippen LogP contribution in [-0.4, -0.2) is 46.1 Å². The first-order valence-electron chi connectivity index (χ1n) is 13.4. The van der Waals surface area contributed by atoms with E-state index in [4.69, 9.17) is 19.4 Å². The van der Waals surface area contributed by atoms with Gasteiger partial charge in [0.2, 0.25) is 0 Å². The fourth-order valence-corrected chi connectivity index (χ4v) is 4.71. The molecule has 4 aromatic rings. The summed E-state index contributed by atoms with van der Waals surface area (Å²) in [5, 5.41) is 0. The molecule has 0 N–H and O–H groups in total. The summed E-state index contributed by atoms with van der Waals surface area (Å²) in [6, 6.07) is 33.6. The first kappa shape index (κ1) is 26.2. The third-order valence-electron chi connectivity index (χ3n) is 6.60. The van der Waals surface area contributed by atoms with Crippen LogP contribution in [0.4, 0.5) is 0 Å². The maximum atomic E-state index is 6.04. The smallest absolute Gasteiger partial charge is 0.0888 e. The maximum absolute atomic E-state index is 6.04. The lowest BCUT2D eigenvalue weighted by Crippen LogP contribution is -2.29. The van der Waals surface area contributed by atoms with Gasteiger partial charge in [0.15, 0.2) is 0 Å². The molecular formula is C32H36N4O2. The molecule has 0 atom stereocenters. The molecule has 196 valence electrons. The molecule has 0 fully saturated rings. The Kier molecular flexibility index (Phi) is 9.61. The van der Waals surface area contributed by atoms with Crippen LogP contribution in [0.2, 0.25) is 0 Å². The summed E-state index contributed by atoms with van der Waals surface area (Å²) in [4.78, 5) is 14.6. The SMILES string of the molecule is c1ccc(CN2CCOCc3cccc(n3)COCCN(Cc3ccccc3)Cc3cccc(n3)C2)cc1. The molecule has 1 aliphatic rings. The predicted octanol–water partition coefficient (Wildman–Crippen LogP) is 5.23. The summed E-state index contributed by atoms with van der Waals surface area (Å²) in [6.45, 7) is 7.08. The Hall–Kier alpha value is -3.42. The minimum absolute atomic E-state index is 0.492. The van der Waals surface area contributed by atoms with Crippen molar-refractivity contribution < 1.29 is 9.47 Å². The van der Waals surface area contributed by atoms with E-state index in [1.807, 2.05) is 18.2 Å². The van der Waals surface area contributed by atoms with Crippen LogP contribution in [0.1, 0.15) is 33.9 Å². The number of hydrogen-bond donors (Lipinski definition) is 0. The Balaban J connectivity index is 1.36. The molecule has 4 bridgehead atoms. The minimum Gasteiger partial charge on any atom is -0.374 e. The average Bonchev–Trinajstić information content (AvgIpc) is 2.94. The van der Waals surface area contributed by atoms with Crippen molar-refractivity contribution in [2.24, 2.45) is 0 Å². The van der Waals surface area contributed by atoms with E-state index in [9.17, 15) is 0 Å². The van der Waals surface area contributed by atoms with Gasteiger partial charge in [0.1, 0.15) is 0 Å². The van der Waals surface area contributed by atoms with Crippen LogP contribution in [0, 0.1) is 0 Å². The van der Waals surface area contributed by atoms with Gasteiger partial charge in [-0.05, 0) is 35.4 Å². The predicted molar refractivity (Wildman–Crippen MR) is 149 cm³/mol. The van der Waals surface area contributed by atoms with Gasteiger partial charge in [0.05, 0.1) is 49.2 Å². The first-order chi connectivity index (χ1) is 18.8. The number of hydrogen-bond acceptors (Lipinski definition) is 6. The van der Waals surface area contributed by atoms with E-state index in [-0.39, 0.29) is 0 Å². The number of nitrogens with zero attached hydrogens (tertiary/aromatic N) is 4. The lowest BCUT2D eigenvalue weighted by molar-refractivity contribution is 0.0799. The Morgan fingerprint density at radius 2 is 0.921 bits per heavy atom. The molecule has 2 aromatic carbocycles. The van der Waals surface area contributed by atoms with Crippen LogP contribution in [0.3, 0.4) is 0 Å². The zero-order valence-electron chi connectivity index (χ0n) is 21.9. The van der Waals surface area contributed by atoms with Crippen LogP contribution in [0.15, 0.2) is 97.1 Å². The van der Waals surface area contributed by atoms with Crippen molar-refractivity contribution in [1.29, 1.82) is 0 Å². The quantitative estimate of drug-likeness (QED) is 0.376. The number of aromatic nitrogens is 2. The second kappa shape index (κ2) is 13.9. The highest BCUT2D eigenvalue weighted by Gasteiger charge is 2.13. The van der Waals surface area contributed by atoms with Crippen molar-refractivity contribution in [3.05, 3.63) is 131 Å². The Morgan fingerprint density at radius 1 is 0.500 bits per heavy atom. The van der Waals surface area contributed by atoms with Crippen molar-refractivity contribution in [3.63, 3.8) is 0 Å². The summed E-state index contributed by atoms with van der Waals surface area (Å²) < 4.78 is 12.1. The highest BCUT2D eigenvalue weighted by atomic mass is 16.5. The molecule has 3 heterocycles. The van der Waals surface area contributed by atoms with Gasteiger partial charge >= 0.3 is 0 Å². The zero-order chi connectivity index (χ0) is 25.8. The second-order valence-corrected chi connectivity index (χ2v) is 9.74. The Bertz CT molecular complexity index is 1160. The number of pyridine rings is 2. The fourth-order valence-electron chi connectivity index (χ4n) is 4.71. The van der Waals surface area contributed by atoms with E-state index in [2.05, 4.69) is 88.7 Å². The van der Waals surface area contributed by atoms with E-state index in [0.29, 0.717) is 26.4 Å². The van der Waals surface area contributed by atoms with Gasteiger partial charge in [0, 0.05) is 39.3 Å². The van der Waals surface area contributed by atoms with Crippen LogP contribution < -0.4 is 0 Å². The molecule has 38 heavy (non-hydrogen) atoms. The number of rotatable bonds is 4. The largest absolute Gasteiger partial charge is 0.374 e. The zero-order valence-corrected chi connectivity index (χ0v) is 21.9. The third kappa shape index (κ3) is 8.30. The van der Waals surface area contributed by atoms with Crippen LogP contribution in [-0.2, 0) is 48.9 Å². The molecule has 0 spiro atoms. The van der Waals surface area contributed by atoms with Crippen molar-refractivity contribution in [2.75, 3.05) is 26.3 Å². The Labute approximate surface area is 225 Å². The maximum Gasteiger partial charge on any atom is 0.0888 e. The monoisotopic (exact) mass is 508 g/mol. The molecule has 6 heteroatoms. The molecule has 0 radical (unpaired) electrons. The van der Waals surface area contributed by atoms with Gasteiger partial charge in [-0.2, -0.15) is 0 Å². The normalized spacial score (nSPS) is 16.4. The summed E-state index contributed by atoms with van der Waals surface area (Å²) in [7, 11) is 0. The van der Waals surface area contributed by atoms with Gasteiger partial charge in [-0.1, -0.05) is 72.8 Å². The second-order valence-electron chi connectivity index (χ2n) is 9.74. The lowest BCUT2D eigenvalue weighted by Gasteiger charge is -2.24. The lowest BCUT2D eigenvalue weighted by atomic mass is 10.2. The van der Waals surface area contributed by atoms with Crippen LogP contribution >= 0.6 is 0 Å². The van der Waals surface area contributed by atoms with Gasteiger partial charge in [-0.25, -0.2) is 0 Å². The molecular weight excluding hydrogens is 472 g/mol. The molecule has 0 saturated heterocycles. The number of fused-ring (bicyclic) bond motifs is 4. The van der Waals surface area contributed by atoms with E-state index in [1.54, 1.807) is 0 Å². The van der Waals surface area contributed by atoms with Crippen LogP contribution in [0.5, 0.6) is 0 Å². The molecule has 0 unspecified atom stereocenters. The first-order valence-corrected chi connectivity index (χ1v) is 13.4. The summed E-state index contributed by atoms with van der Waals surface area (Å²) in [5.41, 5.74) is 6.59. The highest BCUT2D eigenvalue weighted by Crippen LogP contribution is 2.13. The summed E-state index contributed by atoms with van der Waals surface area (Å²) in [6.07, 6.45) is 0. The van der Waals surface area contributed by atoms with Crippen molar-refractivity contribution in [3.8, 4) is 0 Å². The highest BCUT2D eigenvalue weighted by molar-refractivity contribution is 5.17. The molecule has 2 aromatic heterocycles. The van der Waals surface area contributed by atoms with E-state index in [1.165, 1.54) is 11.1 Å². The summed E-state index contributed by atoms with van der Waals surface area (Å²) >= 11 is 0. The van der Waals surface area contributed by atoms with Gasteiger partial charge in [-0.15, -0.1) is 0 Å². The molecule has 6 nitrogen and oxygen atoms in total. The van der Waals surface area contributed by atoms with Crippen LogP contribution in [0.25, 0.3) is 0 Å². The van der Waals surface area contributed by atoms with Gasteiger partial charge < -0.3 is 9.47 Å². The molecule has 0 aliphatic carbocycles. The number of benzene rings is 2. The number of ether oxygens (including phenoxy) is 2. The topological polar surface area (TPSA) is 50.7 Å². The van der Waals surface area contributed by atoms with E-state index >= 15 is 0 Å². The molecule has 0 saturated carbocycles. The minimum atomic E-state index is 0.492. The van der Waals surface area contributed by atoms with Gasteiger partial charge in [0.25, 0.3) is 0 Å². The molecule has 0 amide bonds. The third-order valence-corrected chi connectivity index (χ3v) is 6.60. The van der Waals surface area contributed by atoms with E-state index in [0.717, 1.165) is 62.0 Å². The standard InChI is InChI=1S/C32H36N4O2/c1-3-9-27(10-4-1)21-35-17-19-37-25-31-15-8-16-32(34-31)26-38-20-18-36(22-28-11-5-2-6-12-28)24-30-14-7-13-29(23-35)33-30/h1-16H,17-26H2.